The van der Waals surface area contributed by atoms with E-state index < -0.39 is 0 Å². The Balaban J connectivity index is 1.38. The minimum Gasteiger partial charge on any atom is -0.466 e. The number of hydrogen-bond acceptors (Lipinski definition) is 5. The Morgan fingerprint density at radius 3 is 2.33 bits per heavy atom. The van der Waals surface area contributed by atoms with Crippen molar-refractivity contribution in [3.8, 4) is 0 Å². The van der Waals surface area contributed by atoms with Gasteiger partial charge in [0.05, 0.1) is 23.7 Å². The summed E-state index contributed by atoms with van der Waals surface area (Å²) < 4.78 is 5.12. The predicted molar refractivity (Wildman–Crippen MR) is 113 cm³/mol. The number of amides is 2. The van der Waals surface area contributed by atoms with Crippen LogP contribution < -0.4 is 5.32 Å². The molecule has 0 atom stereocenters. The van der Waals surface area contributed by atoms with E-state index in [1.807, 2.05) is 6.92 Å². The molecule has 0 unspecified atom stereocenters. The molecule has 0 bridgehead atoms. The zero-order valence-electron chi connectivity index (χ0n) is 17.7. The number of ether oxygens (including phenoxy) is 1. The summed E-state index contributed by atoms with van der Waals surface area (Å²) in [5.41, 5.74) is 0.986. The molecule has 0 saturated carbocycles. The largest absolute Gasteiger partial charge is 0.466 e. The maximum atomic E-state index is 12.4. The lowest BCUT2D eigenvalue weighted by Crippen LogP contribution is -2.47. The number of nitrogens with one attached hydrogen (secondary N) is 1. The number of aliphatic imine (C=N–C) groups is 1. The Hall–Kier alpha value is -2.90. The summed E-state index contributed by atoms with van der Waals surface area (Å²) in [6.07, 6.45) is 3.06. The second kappa shape index (κ2) is 10.2. The Labute approximate surface area is 177 Å². The predicted octanol–water partition coefficient (Wildman–Crippen LogP) is 1.91. The number of nitrogens with zero attached hydrogens (tertiary/aromatic N) is 3. The molecule has 30 heavy (non-hydrogen) atoms. The molecule has 162 valence electrons. The fourth-order valence-corrected chi connectivity index (χ4v) is 3.96. The van der Waals surface area contributed by atoms with E-state index in [0.717, 1.165) is 44.7 Å². The number of benzene rings is 1. The van der Waals surface area contributed by atoms with Gasteiger partial charge in [0.15, 0.2) is 5.96 Å². The van der Waals surface area contributed by atoms with Gasteiger partial charge in [-0.3, -0.25) is 24.3 Å². The summed E-state index contributed by atoms with van der Waals surface area (Å²) in [5.74, 6) is 0.276. The first kappa shape index (κ1) is 21.8. The summed E-state index contributed by atoms with van der Waals surface area (Å²) in [6.45, 7) is 4.89. The van der Waals surface area contributed by atoms with E-state index in [2.05, 4.69) is 15.2 Å². The van der Waals surface area contributed by atoms with E-state index in [-0.39, 0.29) is 23.7 Å². The Morgan fingerprint density at radius 2 is 1.77 bits per heavy atom. The highest BCUT2D eigenvalue weighted by Gasteiger charge is 2.34. The number of imide groups is 1. The molecule has 2 aliphatic heterocycles. The van der Waals surface area contributed by atoms with Crippen LogP contribution in [0.3, 0.4) is 0 Å². The van der Waals surface area contributed by atoms with Gasteiger partial charge in [-0.15, -0.1) is 0 Å². The molecule has 0 aromatic heterocycles. The smallest absolute Gasteiger partial charge is 0.309 e. The van der Waals surface area contributed by atoms with Crippen molar-refractivity contribution in [2.75, 3.05) is 39.8 Å². The number of piperidine rings is 1. The number of fused-ring (bicyclic) bond motifs is 1. The number of guanidine groups is 1. The highest BCUT2D eigenvalue weighted by atomic mass is 16.5. The third-order valence-electron chi connectivity index (χ3n) is 5.60. The molecule has 0 radical (unpaired) electrons. The van der Waals surface area contributed by atoms with Gasteiger partial charge in [0.2, 0.25) is 0 Å². The number of esters is 1. The third kappa shape index (κ3) is 4.80. The van der Waals surface area contributed by atoms with Gasteiger partial charge in [-0.25, -0.2) is 0 Å². The summed E-state index contributed by atoms with van der Waals surface area (Å²) in [4.78, 5) is 44.5. The lowest BCUT2D eigenvalue weighted by Gasteiger charge is -2.33. The van der Waals surface area contributed by atoms with Crippen LogP contribution in [0, 0.1) is 5.92 Å². The number of carbonyl (C=O) groups is 3. The average Bonchev–Trinajstić information content (AvgIpc) is 3.01. The molecule has 0 spiro atoms. The minimum absolute atomic E-state index is 0.0287. The van der Waals surface area contributed by atoms with Crippen molar-refractivity contribution >= 4 is 23.7 Å². The van der Waals surface area contributed by atoms with Crippen LogP contribution in [0.5, 0.6) is 0 Å². The molecule has 8 nitrogen and oxygen atoms in total. The van der Waals surface area contributed by atoms with Gasteiger partial charge in [0.1, 0.15) is 0 Å². The molecule has 1 N–H and O–H groups in total. The van der Waals surface area contributed by atoms with Crippen molar-refractivity contribution in [2.45, 2.75) is 32.6 Å². The molecular formula is C22H30N4O4. The fourth-order valence-electron chi connectivity index (χ4n) is 3.96. The van der Waals surface area contributed by atoms with Gasteiger partial charge in [-0.2, -0.15) is 0 Å². The SMILES string of the molecule is CCOC(=O)C1CCN(C(=NC)NCCCCN2C(=O)c3ccccc3C2=O)CC1. The normalized spacial score (nSPS) is 17.3. The summed E-state index contributed by atoms with van der Waals surface area (Å²) in [6, 6.07) is 6.95. The van der Waals surface area contributed by atoms with Crippen molar-refractivity contribution in [3.05, 3.63) is 35.4 Å². The number of hydrogen-bond donors (Lipinski definition) is 1. The molecule has 1 aromatic rings. The zero-order valence-corrected chi connectivity index (χ0v) is 17.7. The van der Waals surface area contributed by atoms with Gasteiger partial charge in [0.25, 0.3) is 11.8 Å². The molecule has 2 amide bonds. The maximum Gasteiger partial charge on any atom is 0.309 e. The topological polar surface area (TPSA) is 91.3 Å². The van der Waals surface area contributed by atoms with E-state index >= 15 is 0 Å². The number of carbonyl (C=O) groups excluding carboxylic acids is 3. The molecular weight excluding hydrogens is 384 g/mol. The molecule has 0 aliphatic carbocycles. The van der Waals surface area contributed by atoms with Crippen LogP contribution in [0.25, 0.3) is 0 Å². The maximum absolute atomic E-state index is 12.4. The van der Waals surface area contributed by atoms with Crippen LogP contribution in [0.1, 0.15) is 53.3 Å². The van der Waals surface area contributed by atoms with E-state index in [1.165, 1.54) is 4.90 Å². The molecule has 1 saturated heterocycles. The Bertz CT molecular complexity index is 780. The molecule has 2 aliphatic rings. The summed E-state index contributed by atoms with van der Waals surface area (Å²) in [5, 5.41) is 3.34. The van der Waals surface area contributed by atoms with Gasteiger partial charge >= 0.3 is 5.97 Å². The summed E-state index contributed by atoms with van der Waals surface area (Å²) >= 11 is 0. The first-order valence-corrected chi connectivity index (χ1v) is 10.6. The summed E-state index contributed by atoms with van der Waals surface area (Å²) in [7, 11) is 1.75. The quantitative estimate of drug-likeness (QED) is 0.241. The molecule has 2 heterocycles. The van der Waals surface area contributed by atoms with Crippen molar-refractivity contribution < 1.29 is 19.1 Å². The highest BCUT2D eigenvalue weighted by molar-refractivity contribution is 6.21. The van der Waals surface area contributed by atoms with E-state index in [9.17, 15) is 14.4 Å². The highest BCUT2D eigenvalue weighted by Crippen LogP contribution is 2.22. The Kier molecular flexibility index (Phi) is 7.43. The molecule has 1 fully saturated rings. The number of unbranched alkanes of at least 4 members (excludes halogenated alkanes) is 1. The first-order chi connectivity index (χ1) is 14.6. The van der Waals surface area contributed by atoms with Crippen LogP contribution in [0.15, 0.2) is 29.3 Å². The number of rotatable bonds is 7. The number of likely N-dealkylation sites (tertiary alicyclic amines) is 1. The van der Waals surface area contributed by atoms with E-state index in [0.29, 0.717) is 30.8 Å². The average molecular weight is 415 g/mol. The van der Waals surface area contributed by atoms with Crippen LogP contribution >= 0.6 is 0 Å². The second-order valence-corrected chi connectivity index (χ2v) is 7.50. The second-order valence-electron chi connectivity index (χ2n) is 7.50. The molecule has 1 aromatic carbocycles. The standard InChI is InChI=1S/C22H30N4O4/c1-3-30-21(29)16-10-14-25(15-11-16)22(23-2)24-12-6-7-13-26-19(27)17-8-4-5-9-18(17)20(26)28/h4-5,8-9,16H,3,6-7,10-15H2,1-2H3,(H,23,24). The Morgan fingerprint density at radius 1 is 1.13 bits per heavy atom. The fraction of sp³-hybridized carbons (Fsp3) is 0.545. The van der Waals surface area contributed by atoms with Gasteiger partial charge in [-0.1, -0.05) is 12.1 Å². The van der Waals surface area contributed by atoms with Gasteiger partial charge < -0.3 is 15.0 Å². The minimum atomic E-state index is -0.205. The lowest BCUT2D eigenvalue weighted by atomic mass is 9.97. The van der Waals surface area contributed by atoms with Crippen molar-refractivity contribution in [2.24, 2.45) is 10.9 Å². The van der Waals surface area contributed by atoms with Crippen LogP contribution in [-0.2, 0) is 9.53 Å². The third-order valence-corrected chi connectivity index (χ3v) is 5.60. The van der Waals surface area contributed by atoms with Crippen molar-refractivity contribution in [1.29, 1.82) is 0 Å². The van der Waals surface area contributed by atoms with Gasteiger partial charge in [-0.05, 0) is 44.7 Å². The van der Waals surface area contributed by atoms with Gasteiger partial charge in [0, 0.05) is 33.2 Å². The zero-order chi connectivity index (χ0) is 21.5. The first-order valence-electron chi connectivity index (χ1n) is 10.6. The molecule has 8 heteroatoms. The van der Waals surface area contributed by atoms with Crippen LogP contribution in [0.2, 0.25) is 0 Å². The van der Waals surface area contributed by atoms with Crippen molar-refractivity contribution in [3.63, 3.8) is 0 Å². The van der Waals surface area contributed by atoms with Crippen molar-refractivity contribution in [1.82, 2.24) is 15.1 Å². The molecule has 3 rings (SSSR count). The van der Waals surface area contributed by atoms with Crippen LogP contribution in [-0.4, -0.2) is 73.4 Å². The van der Waals surface area contributed by atoms with E-state index in [4.69, 9.17) is 4.74 Å². The monoisotopic (exact) mass is 414 g/mol. The van der Waals surface area contributed by atoms with Crippen LogP contribution in [0.4, 0.5) is 0 Å². The van der Waals surface area contributed by atoms with E-state index in [1.54, 1.807) is 31.3 Å². The lowest BCUT2D eigenvalue weighted by molar-refractivity contribution is -0.149.